The summed E-state index contributed by atoms with van der Waals surface area (Å²) in [6, 6.07) is 9.04. The Hall–Kier alpha value is -2.34. The Labute approximate surface area is 145 Å². The number of hydrogen-bond acceptors (Lipinski definition) is 3. The number of esters is 1. The molecule has 0 fully saturated rings. The van der Waals surface area contributed by atoms with Gasteiger partial charge in [0.15, 0.2) is 17.5 Å². The zero-order chi connectivity index (χ0) is 18.4. The van der Waals surface area contributed by atoms with Gasteiger partial charge in [0, 0.05) is 6.54 Å². The fourth-order valence-corrected chi connectivity index (χ4v) is 2.36. The molecule has 0 unspecified atom stereocenters. The highest BCUT2D eigenvalue weighted by molar-refractivity contribution is 5.89. The number of halogens is 3. The van der Waals surface area contributed by atoms with Crippen LogP contribution >= 0.6 is 0 Å². The van der Waals surface area contributed by atoms with Gasteiger partial charge in [0.1, 0.15) is 6.61 Å². The van der Waals surface area contributed by atoms with Crippen molar-refractivity contribution in [1.82, 2.24) is 4.90 Å². The van der Waals surface area contributed by atoms with E-state index < -0.39 is 29.0 Å². The van der Waals surface area contributed by atoms with Gasteiger partial charge in [-0.25, -0.2) is 18.0 Å². The molecule has 0 aliphatic carbocycles. The van der Waals surface area contributed by atoms with E-state index in [0.717, 1.165) is 36.8 Å². The van der Waals surface area contributed by atoms with Gasteiger partial charge in [-0.15, -0.1) is 0 Å². The molecule has 0 N–H and O–H groups in total. The molecule has 25 heavy (non-hydrogen) atoms. The van der Waals surface area contributed by atoms with Gasteiger partial charge in [0.2, 0.25) is 0 Å². The van der Waals surface area contributed by atoms with Crippen LogP contribution in [0.3, 0.4) is 0 Å². The highest BCUT2D eigenvalue weighted by Crippen LogP contribution is 2.17. The third kappa shape index (κ3) is 4.82. The van der Waals surface area contributed by atoms with E-state index in [9.17, 15) is 18.0 Å². The lowest BCUT2D eigenvalue weighted by Gasteiger charge is -2.18. The van der Waals surface area contributed by atoms with Gasteiger partial charge >= 0.3 is 5.97 Å². The van der Waals surface area contributed by atoms with E-state index in [-0.39, 0.29) is 6.61 Å². The molecule has 0 saturated heterocycles. The first kappa shape index (κ1) is 19.0. The van der Waals surface area contributed by atoms with Crippen LogP contribution in [0.2, 0.25) is 0 Å². The number of ether oxygens (including phenoxy) is 1. The van der Waals surface area contributed by atoms with Crippen molar-refractivity contribution in [3.8, 4) is 0 Å². The summed E-state index contributed by atoms with van der Waals surface area (Å²) in [6.45, 7) is 6.84. The van der Waals surface area contributed by atoms with E-state index in [1.54, 1.807) is 0 Å². The maximum Gasteiger partial charge on any atom is 0.341 e. The highest BCUT2D eigenvalue weighted by atomic mass is 19.2. The Morgan fingerprint density at radius 3 is 2.12 bits per heavy atom. The van der Waals surface area contributed by atoms with Gasteiger partial charge in [-0.2, -0.15) is 0 Å². The molecule has 0 atom stereocenters. The lowest BCUT2D eigenvalue weighted by atomic mass is 10.1. The summed E-state index contributed by atoms with van der Waals surface area (Å²) < 4.78 is 44.6. The molecule has 0 aromatic heterocycles. The van der Waals surface area contributed by atoms with E-state index in [1.165, 1.54) is 0 Å². The average Bonchev–Trinajstić information content (AvgIpc) is 2.63. The topological polar surface area (TPSA) is 29.5 Å². The van der Waals surface area contributed by atoms with Crippen LogP contribution in [-0.4, -0.2) is 24.0 Å². The molecule has 0 bridgehead atoms. The lowest BCUT2D eigenvalue weighted by Crippen LogP contribution is -2.22. The molecule has 0 radical (unpaired) electrons. The third-order valence-corrected chi connectivity index (χ3v) is 3.95. The predicted molar refractivity (Wildman–Crippen MR) is 88.5 cm³/mol. The quantitative estimate of drug-likeness (QED) is 0.550. The molecule has 0 amide bonds. The molecule has 0 saturated carbocycles. The number of carbonyl (C=O) groups excluding carboxylic acids is 1. The largest absolute Gasteiger partial charge is 0.457 e. The minimum Gasteiger partial charge on any atom is -0.457 e. The molecule has 3 nitrogen and oxygen atoms in total. The van der Waals surface area contributed by atoms with Crippen molar-refractivity contribution in [3.63, 3.8) is 0 Å². The Bertz CT molecular complexity index is 728. The summed E-state index contributed by atoms with van der Waals surface area (Å²) in [6.07, 6.45) is 0. The maximum atomic E-state index is 13.6. The second-order valence-corrected chi connectivity index (χ2v) is 5.58. The molecule has 2 rings (SSSR count). The first-order valence-corrected chi connectivity index (χ1v) is 8.07. The van der Waals surface area contributed by atoms with Crippen molar-refractivity contribution in [1.29, 1.82) is 0 Å². The molecule has 2 aromatic carbocycles. The van der Waals surface area contributed by atoms with E-state index in [1.807, 2.05) is 24.3 Å². The van der Waals surface area contributed by atoms with Crippen molar-refractivity contribution in [3.05, 3.63) is 70.5 Å². The number of benzene rings is 2. The van der Waals surface area contributed by atoms with E-state index in [4.69, 9.17) is 4.74 Å². The Morgan fingerprint density at radius 1 is 0.920 bits per heavy atom. The number of carbonyl (C=O) groups is 1. The maximum absolute atomic E-state index is 13.6. The van der Waals surface area contributed by atoms with Crippen LogP contribution < -0.4 is 0 Å². The Morgan fingerprint density at radius 2 is 1.52 bits per heavy atom. The molecule has 134 valence electrons. The number of rotatable bonds is 7. The normalized spacial score (nSPS) is 11.0. The van der Waals surface area contributed by atoms with Crippen molar-refractivity contribution in [2.45, 2.75) is 27.0 Å². The van der Waals surface area contributed by atoms with Gasteiger partial charge in [0.05, 0.1) is 5.56 Å². The van der Waals surface area contributed by atoms with E-state index in [0.29, 0.717) is 6.07 Å². The molecule has 2 aromatic rings. The van der Waals surface area contributed by atoms with Crippen molar-refractivity contribution < 1.29 is 22.7 Å². The van der Waals surface area contributed by atoms with Crippen LogP contribution in [0, 0.1) is 17.5 Å². The summed E-state index contributed by atoms with van der Waals surface area (Å²) in [4.78, 5) is 14.1. The number of nitrogens with zero attached hydrogens (tertiary/aromatic N) is 1. The van der Waals surface area contributed by atoms with Crippen LogP contribution in [0.4, 0.5) is 13.2 Å². The Kier molecular flexibility index (Phi) is 6.58. The second-order valence-electron chi connectivity index (χ2n) is 5.58. The van der Waals surface area contributed by atoms with Crippen molar-refractivity contribution in [2.24, 2.45) is 0 Å². The summed E-state index contributed by atoms with van der Waals surface area (Å²) in [7, 11) is 0. The van der Waals surface area contributed by atoms with Crippen molar-refractivity contribution >= 4 is 5.97 Å². The van der Waals surface area contributed by atoms with Crippen LogP contribution in [0.5, 0.6) is 0 Å². The fraction of sp³-hybridized carbons (Fsp3) is 0.316. The van der Waals surface area contributed by atoms with Crippen molar-refractivity contribution in [2.75, 3.05) is 13.1 Å². The smallest absolute Gasteiger partial charge is 0.341 e. The summed E-state index contributed by atoms with van der Waals surface area (Å²) >= 11 is 0. The first-order valence-electron chi connectivity index (χ1n) is 8.07. The molecule has 6 heteroatoms. The fourth-order valence-electron chi connectivity index (χ4n) is 2.36. The minimum absolute atomic E-state index is 0.0805. The molecule has 0 heterocycles. The molecule has 0 aliphatic heterocycles. The predicted octanol–water partition coefficient (Wildman–Crippen LogP) is 4.30. The molecular weight excluding hydrogens is 331 g/mol. The van der Waals surface area contributed by atoms with Gasteiger partial charge < -0.3 is 4.74 Å². The minimum atomic E-state index is -1.68. The highest BCUT2D eigenvalue weighted by Gasteiger charge is 2.19. The average molecular weight is 351 g/mol. The zero-order valence-electron chi connectivity index (χ0n) is 14.2. The second kappa shape index (κ2) is 8.67. The number of hydrogen-bond donors (Lipinski definition) is 0. The zero-order valence-corrected chi connectivity index (χ0v) is 14.2. The van der Waals surface area contributed by atoms with Gasteiger partial charge in [-0.1, -0.05) is 38.1 Å². The third-order valence-electron chi connectivity index (χ3n) is 3.95. The SMILES string of the molecule is CCN(CC)Cc1ccc(COC(=O)c2ccc(F)c(F)c2F)cc1. The van der Waals surface area contributed by atoms with Gasteiger partial charge in [-0.3, -0.25) is 4.90 Å². The van der Waals surface area contributed by atoms with E-state index in [2.05, 4.69) is 18.7 Å². The standard InChI is InChI=1S/C19H20F3NO2/c1-3-23(4-2)11-13-5-7-14(8-6-13)12-25-19(24)15-9-10-16(20)18(22)17(15)21/h5-10H,3-4,11-12H2,1-2H3. The molecule has 0 aliphatic rings. The monoisotopic (exact) mass is 351 g/mol. The van der Waals surface area contributed by atoms with Crippen LogP contribution in [0.15, 0.2) is 36.4 Å². The lowest BCUT2D eigenvalue weighted by molar-refractivity contribution is 0.0466. The molecular formula is C19H20F3NO2. The molecule has 0 spiro atoms. The summed E-state index contributed by atoms with van der Waals surface area (Å²) in [5.74, 6) is -5.61. The first-order chi connectivity index (χ1) is 12.0. The van der Waals surface area contributed by atoms with Crippen LogP contribution in [0.1, 0.15) is 35.3 Å². The van der Waals surface area contributed by atoms with Crippen LogP contribution in [-0.2, 0) is 17.9 Å². The van der Waals surface area contributed by atoms with Crippen LogP contribution in [0.25, 0.3) is 0 Å². The van der Waals surface area contributed by atoms with E-state index >= 15 is 0 Å². The van der Waals surface area contributed by atoms with Gasteiger partial charge in [-0.05, 0) is 36.3 Å². The Balaban J connectivity index is 1.97. The van der Waals surface area contributed by atoms with Gasteiger partial charge in [0.25, 0.3) is 0 Å². The summed E-state index contributed by atoms with van der Waals surface area (Å²) in [5.41, 5.74) is 1.22. The summed E-state index contributed by atoms with van der Waals surface area (Å²) in [5, 5.41) is 0.